The molecule has 0 heterocycles. The molecule has 2 N–H and O–H groups in total. The number of rotatable bonds is 4. The van der Waals surface area contributed by atoms with Crippen LogP contribution in [0, 0.1) is 0 Å². The Kier molecular flexibility index (Phi) is 4.75. The van der Waals surface area contributed by atoms with E-state index in [0.717, 1.165) is 32.1 Å². The number of carbonyl (C=O) groups is 1. The molecule has 5 nitrogen and oxygen atoms in total. The van der Waals surface area contributed by atoms with E-state index in [4.69, 9.17) is 5.11 Å². The van der Waals surface area contributed by atoms with Crippen LogP contribution in [0.3, 0.4) is 0 Å². The molecule has 7 heteroatoms. The fourth-order valence-electron chi connectivity index (χ4n) is 2.66. The summed E-state index contributed by atoms with van der Waals surface area (Å²) in [6.45, 7) is 1.90. The van der Waals surface area contributed by atoms with Gasteiger partial charge in [0.1, 0.15) is 0 Å². The predicted octanol–water partition coefficient (Wildman–Crippen LogP) is 3.15. The Morgan fingerprint density at radius 3 is 2.48 bits per heavy atom. The second-order valence-corrected chi connectivity index (χ2v) is 8.18. The normalized spacial score (nSPS) is 18.4. The van der Waals surface area contributed by atoms with Gasteiger partial charge in [-0.15, -0.1) is 0 Å². The first-order valence-corrected chi connectivity index (χ1v) is 9.08. The molecule has 0 atom stereocenters. The van der Waals surface area contributed by atoms with Crippen molar-refractivity contribution >= 4 is 31.9 Å². The third-order valence-corrected chi connectivity index (χ3v) is 6.44. The number of carboxylic acid groups (broad SMARTS) is 1. The Hall–Kier alpha value is -0.920. The zero-order valence-corrected chi connectivity index (χ0v) is 14.1. The first-order valence-electron chi connectivity index (χ1n) is 6.80. The molecule has 0 saturated heterocycles. The fraction of sp³-hybridized carbons (Fsp3) is 0.500. The number of sulfonamides is 1. The summed E-state index contributed by atoms with van der Waals surface area (Å²) in [4.78, 5) is 11.0. The molecule has 1 aromatic rings. The van der Waals surface area contributed by atoms with E-state index in [0.29, 0.717) is 4.47 Å². The second-order valence-electron chi connectivity index (χ2n) is 5.68. The molecule has 1 aromatic carbocycles. The van der Waals surface area contributed by atoms with E-state index in [9.17, 15) is 13.2 Å². The maximum absolute atomic E-state index is 12.6. The first-order chi connectivity index (χ1) is 9.73. The van der Waals surface area contributed by atoms with Crippen LogP contribution in [-0.2, 0) is 10.0 Å². The van der Waals surface area contributed by atoms with Crippen molar-refractivity contribution in [3.63, 3.8) is 0 Å². The Morgan fingerprint density at radius 1 is 1.29 bits per heavy atom. The average Bonchev–Trinajstić information content (AvgIpc) is 2.38. The highest BCUT2D eigenvalue weighted by atomic mass is 79.9. The molecule has 0 spiro atoms. The van der Waals surface area contributed by atoms with Gasteiger partial charge >= 0.3 is 5.97 Å². The molecule has 2 rings (SSSR count). The van der Waals surface area contributed by atoms with E-state index >= 15 is 0 Å². The molecule has 0 aliphatic heterocycles. The highest BCUT2D eigenvalue weighted by molar-refractivity contribution is 9.10. The minimum absolute atomic E-state index is 0.0331. The Bertz CT molecular complexity index is 651. The van der Waals surface area contributed by atoms with Crippen LogP contribution in [0.2, 0.25) is 0 Å². The van der Waals surface area contributed by atoms with E-state index in [1.807, 2.05) is 6.92 Å². The lowest BCUT2D eigenvalue weighted by molar-refractivity contribution is 0.0696. The number of aromatic carboxylic acids is 1. The van der Waals surface area contributed by atoms with E-state index in [-0.39, 0.29) is 10.5 Å². The monoisotopic (exact) mass is 375 g/mol. The summed E-state index contributed by atoms with van der Waals surface area (Å²) in [5, 5.41) is 9.01. The van der Waals surface area contributed by atoms with Crippen LogP contribution in [0.15, 0.2) is 27.6 Å². The fourth-order valence-corrected chi connectivity index (χ4v) is 5.11. The van der Waals surface area contributed by atoms with Gasteiger partial charge in [0.2, 0.25) is 10.0 Å². The van der Waals surface area contributed by atoms with Gasteiger partial charge in [-0.25, -0.2) is 17.9 Å². The summed E-state index contributed by atoms with van der Waals surface area (Å²) < 4.78 is 28.2. The zero-order chi connectivity index (χ0) is 15.7. The SMILES string of the molecule is CC1(NS(=O)(=O)c2cc(C(=O)O)ccc2Br)CCCCC1. The van der Waals surface area contributed by atoms with Crippen LogP contribution in [0.4, 0.5) is 0 Å². The van der Waals surface area contributed by atoms with Crippen molar-refractivity contribution in [1.82, 2.24) is 4.72 Å². The van der Waals surface area contributed by atoms with Crippen molar-refractivity contribution in [3.05, 3.63) is 28.2 Å². The van der Waals surface area contributed by atoms with Gasteiger partial charge in [0, 0.05) is 10.0 Å². The lowest BCUT2D eigenvalue weighted by Crippen LogP contribution is -2.47. The quantitative estimate of drug-likeness (QED) is 0.846. The van der Waals surface area contributed by atoms with Crippen LogP contribution in [0.1, 0.15) is 49.4 Å². The smallest absolute Gasteiger partial charge is 0.335 e. The second kappa shape index (κ2) is 6.06. The Balaban J connectivity index is 2.35. The Morgan fingerprint density at radius 2 is 1.90 bits per heavy atom. The van der Waals surface area contributed by atoms with Crippen LogP contribution >= 0.6 is 15.9 Å². The van der Waals surface area contributed by atoms with Crippen molar-refractivity contribution < 1.29 is 18.3 Å². The highest BCUT2D eigenvalue weighted by Gasteiger charge is 2.33. The molecule has 1 aliphatic rings. The van der Waals surface area contributed by atoms with Crippen molar-refractivity contribution in [1.29, 1.82) is 0 Å². The van der Waals surface area contributed by atoms with Gasteiger partial charge in [-0.1, -0.05) is 19.3 Å². The van der Waals surface area contributed by atoms with Crippen molar-refractivity contribution in [2.75, 3.05) is 0 Å². The third kappa shape index (κ3) is 3.84. The number of halogens is 1. The van der Waals surface area contributed by atoms with E-state index < -0.39 is 21.5 Å². The molecule has 0 unspecified atom stereocenters. The van der Waals surface area contributed by atoms with E-state index in [1.165, 1.54) is 18.2 Å². The average molecular weight is 376 g/mol. The molecule has 1 aliphatic carbocycles. The van der Waals surface area contributed by atoms with Gasteiger partial charge < -0.3 is 5.11 Å². The maximum Gasteiger partial charge on any atom is 0.335 e. The molecular weight excluding hydrogens is 358 g/mol. The van der Waals surface area contributed by atoms with Crippen molar-refractivity contribution in [3.8, 4) is 0 Å². The Labute approximate surface area is 132 Å². The number of benzene rings is 1. The molecular formula is C14H18BrNO4S. The molecule has 0 aromatic heterocycles. The van der Waals surface area contributed by atoms with Crippen molar-refractivity contribution in [2.45, 2.75) is 49.5 Å². The molecule has 1 fully saturated rings. The van der Waals surface area contributed by atoms with Crippen LogP contribution in [0.25, 0.3) is 0 Å². The van der Waals surface area contributed by atoms with E-state index in [1.54, 1.807) is 0 Å². The van der Waals surface area contributed by atoms with Gasteiger partial charge in [0.15, 0.2) is 0 Å². The summed E-state index contributed by atoms with van der Waals surface area (Å²) in [6, 6.07) is 4.00. The first kappa shape index (κ1) is 16.5. The summed E-state index contributed by atoms with van der Waals surface area (Å²) in [5.41, 5.74) is -0.511. The van der Waals surface area contributed by atoms with Gasteiger partial charge in [0.05, 0.1) is 10.5 Å². The molecule has 1 saturated carbocycles. The largest absolute Gasteiger partial charge is 0.478 e. The lowest BCUT2D eigenvalue weighted by Gasteiger charge is -2.34. The minimum atomic E-state index is -3.77. The molecule has 21 heavy (non-hydrogen) atoms. The maximum atomic E-state index is 12.6. The minimum Gasteiger partial charge on any atom is -0.478 e. The molecule has 0 radical (unpaired) electrons. The lowest BCUT2D eigenvalue weighted by atomic mass is 9.84. The van der Waals surface area contributed by atoms with E-state index in [2.05, 4.69) is 20.7 Å². The van der Waals surface area contributed by atoms with Crippen LogP contribution in [-0.4, -0.2) is 25.0 Å². The van der Waals surface area contributed by atoms with Gasteiger partial charge in [-0.05, 0) is 53.9 Å². The molecule has 0 bridgehead atoms. The summed E-state index contributed by atoms with van der Waals surface area (Å²) in [6.07, 6.45) is 4.70. The predicted molar refractivity (Wildman–Crippen MR) is 82.9 cm³/mol. The molecule has 116 valence electrons. The topological polar surface area (TPSA) is 83.5 Å². The number of nitrogens with one attached hydrogen (secondary N) is 1. The number of hydrogen-bond donors (Lipinski definition) is 2. The summed E-state index contributed by atoms with van der Waals surface area (Å²) >= 11 is 3.19. The highest BCUT2D eigenvalue weighted by Crippen LogP contribution is 2.31. The summed E-state index contributed by atoms with van der Waals surface area (Å²) in [5.74, 6) is -1.15. The number of hydrogen-bond acceptors (Lipinski definition) is 3. The van der Waals surface area contributed by atoms with Gasteiger partial charge in [0.25, 0.3) is 0 Å². The zero-order valence-electron chi connectivity index (χ0n) is 11.7. The molecule has 0 amide bonds. The van der Waals surface area contributed by atoms with Crippen molar-refractivity contribution in [2.24, 2.45) is 0 Å². The van der Waals surface area contributed by atoms with Gasteiger partial charge in [-0.2, -0.15) is 0 Å². The van der Waals surface area contributed by atoms with Crippen LogP contribution in [0.5, 0.6) is 0 Å². The standard InChI is InChI=1S/C14H18BrNO4S/c1-14(7-3-2-4-8-14)16-21(19,20)12-9-10(13(17)18)5-6-11(12)15/h5-6,9,16H,2-4,7-8H2,1H3,(H,17,18). The van der Waals surface area contributed by atoms with Crippen LogP contribution < -0.4 is 4.72 Å². The van der Waals surface area contributed by atoms with Gasteiger partial charge in [-0.3, -0.25) is 0 Å². The number of carboxylic acids is 1. The third-order valence-electron chi connectivity index (χ3n) is 3.81. The summed E-state index contributed by atoms with van der Waals surface area (Å²) in [7, 11) is -3.77.